The number of nitrogens with one attached hydrogen (secondary N) is 1. The van der Waals surface area contributed by atoms with Gasteiger partial charge in [0.15, 0.2) is 0 Å². The highest BCUT2D eigenvalue weighted by Gasteiger charge is 2.33. The summed E-state index contributed by atoms with van der Waals surface area (Å²) < 4.78 is 5.59. The first-order chi connectivity index (χ1) is 10.1. The van der Waals surface area contributed by atoms with Crippen LogP contribution in [0.25, 0.3) is 0 Å². The number of nitrogens with zero attached hydrogens (tertiary/aromatic N) is 1. The predicted octanol–water partition coefficient (Wildman–Crippen LogP) is 3.22. The zero-order valence-electron chi connectivity index (χ0n) is 13.7. The Morgan fingerprint density at radius 3 is 2.76 bits per heavy atom. The van der Waals surface area contributed by atoms with Gasteiger partial charge in [-0.2, -0.15) is 11.3 Å². The zero-order valence-corrected chi connectivity index (χ0v) is 14.5. The standard InChI is InChI=1S/C17H30N2OS/c1-15(2)10-18-13-17(5-7-20-8-6-17)14-19(3)11-16-4-9-21-12-16/h4,9,12,15,18H,5-8,10-11,13-14H2,1-3H3. The zero-order chi connectivity index (χ0) is 15.1. The second-order valence-corrected chi connectivity index (χ2v) is 7.72. The molecule has 0 amide bonds. The van der Waals surface area contributed by atoms with Gasteiger partial charge in [-0.15, -0.1) is 0 Å². The Hall–Kier alpha value is -0.420. The fourth-order valence-corrected chi connectivity index (χ4v) is 3.80. The van der Waals surface area contributed by atoms with E-state index in [9.17, 15) is 0 Å². The molecule has 0 aliphatic carbocycles. The highest BCUT2D eigenvalue weighted by molar-refractivity contribution is 7.07. The van der Waals surface area contributed by atoms with Gasteiger partial charge in [0.1, 0.15) is 0 Å². The van der Waals surface area contributed by atoms with Gasteiger partial charge in [-0.25, -0.2) is 0 Å². The van der Waals surface area contributed by atoms with E-state index in [4.69, 9.17) is 4.74 Å². The molecule has 2 rings (SSSR count). The Bertz CT molecular complexity index is 386. The third-order valence-corrected chi connectivity index (χ3v) is 4.98. The molecule has 1 aliphatic heterocycles. The number of hydrogen-bond donors (Lipinski definition) is 1. The maximum absolute atomic E-state index is 5.59. The fraction of sp³-hybridized carbons (Fsp3) is 0.765. The van der Waals surface area contributed by atoms with Crippen LogP contribution in [0.1, 0.15) is 32.3 Å². The lowest BCUT2D eigenvalue weighted by atomic mass is 9.79. The summed E-state index contributed by atoms with van der Waals surface area (Å²) in [6, 6.07) is 2.23. The predicted molar refractivity (Wildman–Crippen MR) is 90.8 cm³/mol. The van der Waals surface area contributed by atoms with Crippen LogP contribution in [-0.4, -0.2) is 44.8 Å². The SMILES string of the molecule is CC(C)CNCC1(CN(C)Cc2ccsc2)CCOCC1. The van der Waals surface area contributed by atoms with E-state index < -0.39 is 0 Å². The largest absolute Gasteiger partial charge is 0.381 e. The molecule has 120 valence electrons. The molecule has 1 fully saturated rings. The summed E-state index contributed by atoms with van der Waals surface area (Å²) in [5.74, 6) is 0.713. The van der Waals surface area contributed by atoms with E-state index in [0.29, 0.717) is 11.3 Å². The molecule has 0 unspecified atom stereocenters. The van der Waals surface area contributed by atoms with E-state index in [-0.39, 0.29) is 0 Å². The van der Waals surface area contributed by atoms with E-state index in [2.05, 4.69) is 47.9 Å². The summed E-state index contributed by atoms with van der Waals surface area (Å²) in [6.07, 6.45) is 2.35. The Labute approximate surface area is 133 Å². The molecule has 0 saturated carbocycles. The minimum absolute atomic E-state index is 0.373. The summed E-state index contributed by atoms with van der Waals surface area (Å²) in [6.45, 7) is 10.8. The first-order valence-electron chi connectivity index (χ1n) is 8.08. The molecule has 4 heteroatoms. The molecule has 2 heterocycles. The summed E-state index contributed by atoms with van der Waals surface area (Å²) in [5.41, 5.74) is 1.80. The maximum Gasteiger partial charge on any atom is 0.0472 e. The molecule has 0 radical (unpaired) electrons. The van der Waals surface area contributed by atoms with E-state index >= 15 is 0 Å². The third kappa shape index (κ3) is 5.70. The van der Waals surface area contributed by atoms with E-state index in [0.717, 1.165) is 39.4 Å². The first-order valence-corrected chi connectivity index (χ1v) is 9.02. The summed E-state index contributed by atoms with van der Waals surface area (Å²) in [5, 5.41) is 8.10. The lowest BCUT2D eigenvalue weighted by molar-refractivity contribution is -0.00183. The Balaban J connectivity index is 1.88. The van der Waals surface area contributed by atoms with Crippen LogP contribution in [0.15, 0.2) is 16.8 Å². The van der Waals surface area contributed by atoms with Crippen molar-refractivity contribution in [1.82, 2.24) is 10.2 Å². The molecule has 21 heavy (non-hydrogen) atoms. The van der Waals surface area contributed by atoms with Crippen molar-refractivity contribution in [3.05, 3.63) is 22.4 Å². The van der Waals surface area contributed by atoms with Gasteiger partial charge in [0.05, 0.1) is 0 Å². The average molecular weight is 311 g/mol. The number of ether oxygens (including phenoxy) is 1. The second kappa shape index (κ2) is 8.28. The Morgan fingerprint density at radius 2 is 2.14 bits per heavy atom. The lowest BCUT2D eigenvalue weighted by Crippen LogP contribution is -2.46. The number of rotatable bonds is 8. The van der Waals surface area contributed by atoms with Crippen molar-refractivity contribution in [2.75, 3.05) is 39.9 Å². The van der Waals surface area contributed by atoms with Crippen molar-refractivity contribution < 1.29 is 4.74 Å². The van der Waals surface area contributed by atoms with Gasteiger partial charge in [0, 0.05) is 32.8 Å². The minimum Gasteiger partial charge on any atom is -0.381 e. The quantitative estimate of drug-likeness (QED) is 0.798. The molecule has 1 aliphatic rings. The molecule has 3 nitrogen and oxygen atoms in total. The van der Waals surface area contributed by atoms with E-state index in [1.807, 2.05) is 0 Å². The third-order valence-electron chi connectivity index (χ3n) is 4.24. The number of thiophene rings is 1. The number of hydrogen-bond acceptors (Lipinski definition) is 4. The fourth-order valence-electron chi connectivity index (χ4n) is 3.14. The van der Waals surface area contributed by atoms with Crippen molar-refractivity contribution in [2.45, 2.75) is 33.2 Å². The van der Waals surface area contributed by atoms with Gasteiger partial charge in [-0.3, -0.25) is 0 Å². The molecule has 1 N–H and O–H groups in total. The van der Waals surface area contributed by atoms with Gasteiger partial charge in [0.25, 0.3) is 0 Å². The van der Waals surface area contributed by atoms with Crippen LogP contribution in [0.5, 0.6) is 0 Å². The van der Waals surface area contributed by atoms with Crippen molar-refractivity contribution >= 4 is 11.3 Å². The van der Waals surface area contributed by atoms with Gasteiger partial charge in [-0.05, 0) is 60.2 Å². The lowest BCUT2D eigenvalue weighted by Gasteiger charge is -2.40. The van der Waals surface area contributed by atoms with Crippen molar-refractivity contribution in [1.29, 1.82) is 0 Å². The van der Waals surface area contributed by atoms with Crippen molar-refractivity contribution in [2.24, 2.45) is 11.3 Å². The topological polar surface area (TPSA) is 24.5 Å². The van der Waals surface area contributed by atoms with Crippen LogP contribution < -0.4 is 5.32 Å². The summed E-state index contributed by atoms with van der Waals surface area (Å²) in [4.78, 5) is 2.48. The molecular formula is C17H30N2OS. The minimum atomic E-state index is 0.373. The van der Waals surface area contributed by atoms with Crippen LogP contribution in [0.4, 0.5) is 0 Å². The molecule has 1 aromatic rings. The van der Waals surface area contributed by atoms with Crippen LogP contribution >= 0.6 is 11.3 Å². The molecule has 1 aromatic heterocycles. The summed E-state index contributed by atoms with van der Waals surface area (Å²) in [7, 11) is 2.25. The Kier molecular flexibility index (Phi) is 6.68. The van der Waals surface area contributed by atoms with Crippen LogP contribution in [0, 0.1) is 11.3 Å². The first kappa shape index (κ1) is 16.9. The molecule has 0 atom stereocenters. The van der Waals surface area contributed by atoms with Gasteiger partial charge >= 0.3 is 0 Å². The summed E-state index contributed by atoms with van der Waals surface area (Å²) >= 11 is 1.78. The van der Waals surface area contributed by atoms with E-state index in [1.54, 1.807) is 11.3 Å². The molecule has 0 spiro atoms. The second-order valence-electron chi connectivity index (χ2n) is 6.94. The highest BCUT2D eigenvalue weighted by atomic mass is 32.1. The monoisotopic (exact) mass is 310 g/mol. The van der Waals surface area contributed by atoms with Crippen LogP contribution in [-0.2, 0) is 11.3 Å². The van der Waals surface area contributed by atoms with Crippen molar-refractivity contribution in [3.63, 3.8) is 0 Å². The smallest absolute Gasteiger partial charge is 0.0472 e. The average Bonchev–Trinajstić information content (AvgIpc) is 2.91. The molecular weight excluding hydrogens is 280 g/mol. The van der Waals surface area contributed by atoms with Crippen LogP contribution in [0.3, 0.4) is 0 Å². The van der Waals surface area contributed by atoms with Crippen molar-refractivity contribution in [3.8, 4) is 0 Å². The molecule has 0 bridgehead atoms. The maximum atomic E-state index is 5.59. The van der Waals surface area contributed by atoms with E-state index in [1.165, 1.54) is 18.4 Å². The van der Waals surface area contributed by atoms with Gasteiger partial charge in [0.2, 0.25) is 0 Å². The normalized spacial score (nSPS) is 18.5. The van der Waals surface area contributed by atoms with Gasteiger partial charge in [-0.1, -0.05) is 13.8 Å². The van der Waals surface area contributed by atoms with Crippen LogP contribution in [0.2, 0.25) is 0 Å². The van der Waals surface area contributed by atoms with Gasteiger partial charge < -0.3 is 15.0 Å². The Morgan fingerprint density at radius 1 is 1.38 bits per heavy atom. The molecule has 1 saturated heterocycles. The highest BCUT2D eigenvalue weighted by Crippen LogP contribution is 2.31. The molecule has 0 aromatic carbocycles.